The topological polar surface area (TPSA) is 52.6 Å². The number of hydrogen-bond donors (Lipinski definition) is 2. The molecule has 5 nitrogen and oxygen atoms in total. The molecule has 0 aromatic carbocycles. The molecule has 2 heterocycles. The lowest BCUT2D eigenvalue weighted by molar-refractivity contribution is 0.700. The monoisotopic (exact) mass is 289 g/mol. The molecule has 1 aromatic rings. The number of aromatic nitrogens is 1. The van der Waals surface area contributed by atoms with Gasteiger partial charge in [-0.2, -0.15) is 0 Å². The van der Waals surface area contributed by atoms with E-state index in [0.29, 0.717) is 12.6 Å². The number of nitrogens with one attached hydrogen (secondary N) is 2. The molecule has 0 unspecified atom stereocenters. The maximum absolute atomic E-state index is 4.59. The van der Waals surface area contributed by atoms with E-state index in [4.69, 9.17) is 0 Å². The van der Waals surface area contributed by atoms with Gasteiger partial charge in [-0.15, -0.1) is 0 Å². The summed E-state index contributed by atoms with van der Waals surface area (Å²) in [7, 11) is 0. The van der Waals surface area contributed by atoms with Crippen LogP contribution in [0, 0.1) is 0 Å². The molecule has 116 valence electrons. The summed E-state index contributed by atoms with van der Waals surface area (Å²) in [4.78, 5) is 11.5. The van der Waals surface area contributed by atoms with Crippen LogP contribution < -0.4 is 15.5 Å². The van der Waals surface area contributed by atoms with Gasteiger partial charge in [0.2, 0.25) is 0 Å². The molecule has 0 bridgehead atoms. The number of guanidine groups is 1. The molecule has 0 amide bonds. The fourth-order valence-corrected chi connectivity index (χ4v) is 2.41. The van der Waals surface area contributed by atoms with E-state index >= 15 is 0 Å². The van der Waals surface area contributed by atoms with Crippen LogP contribution in [0.3, 0.4) is 0 Å². The Labute approximate surface area is 127 Å². The summed E-state index contributed by atoms with van der Waals surface area (Å²) in [6.45, 7) is 10.1. The Morgan fingerprint density at radius 1 is 1.33 bits per heavy atom. The van der Waals surface area contributed by atoms with Crippen molar-refractivity contribution in [3.05, 3.63) is 23.9 Å². The highest BCUT2D eigenvalue weighted by atomic mass is 15.2. The Morgan fingerprint density at radius 2 is 2.10 bits per heavy atom. The molecule has 1 saturated heterocycles. The first-order chi connectivity index (χ1) is 10.2. The molecule has 0 spiro atoms. The summed E-state index contributed by atoms with van der Waals surface area (Å²) in [5, 5.41) is 6.57. The van der Waals surface area contributed by atoms with Crippen molar-refractivity contribution in [3.63, 3.8) is 0 Å². The second-order valence-corrected chi connectivity index (χ2v) is 5.71. The Morgan fingerprint density at radius 3 is 2.67 bits per heavy atom. The maximum Gasteiger partial charge on any atom is 0.191 e. The molecule has 2 N–H and O–H groups in total. The van der Waals surface area contributed by atoms with Crippen molar-refractivity contribution >= 4 is 11.8 Å². The summed E-state index contributed by atoms with van der Waals surface area (Å²) in [5.41, 5.74) is 1.14. The van der Waals surface area contributed by atoms with Crippen molar-refractivity contribution < 1.29 is 0 Å². The van der Waals surface area contributed by atoms with E-state index in [9.17, 15) is 0 Å². The first kappa shape index (κ1) is 15.6. The lowest BCUT2D eigenvalue weighted by atomic mass is 10.3. The highest BCUT2D eigenvalue weighted by Gasteiger charge is 2.12. The van der Waals surface area contributed by atoms with Crippen molar-refractivity contribution in [3.8, 4) is 0 Å². The molecule has 0 atom stereocenters. The summed E-state index contributed by atoms with van der Waals surface area (Å²) in [5.74, 6) is 1.95. The van der Waals surface area contributed by atoms with Crippen molar-refractivity contribution in [1.82, 2.24) is 15.6 Å². The van der Waals surface area contributed by atoms with Crippen LogP contribution in [-0.2, 0) is 6.54 Å². The van der Waals surface area contributed by atoms with Gasteiger partial charge >= 0.3 is 0 Å². The van der Waals surface area contributed by atoms with E-state index in [1.54, 1.807) is 0 Å². The first-order valence-corrected chi connectivity index (χ1v) is 7.93. The van der Waals surface area contributed by atoms with Gasteiger partial charge < -0.3 is 15.5 Å². The third-order valence-corrected chi connectivity index (χ3v) is 3.43. The van der Waals surface area contributed by atoms with Crippen molar-refractivity contribution in [2.45, 2.75) is 46.2 Å². The molecule has 1 fully saturated rings. The second kappa shape index (κ2) is 7.86. The molecular formula is C16H27N5. The van der Waals surface area contributed by atoms with Crippen LogP contribution in [0.2, 0.25) is 0 Å². The maximum atomic E-state index is 4.59. The Kier molecular flexibility index (Phi) is 5.84. The molecule has 0 radical (unpaired) electrons. The molecule has 0 saturated carbocycles. The van der Waals surface area contributed by atoms with E-state index in [0.717, 1.165) is 37.0 Å². The zero-order chi connectivity index (χ0) is 15.1. The fourth-order valence-electron chi connectivity index (χ4n) is 2.41. The number of rotatable bonds is 5. The average molecular weight is 289 g/mol. The first-order valence-electron chi connectivity index (χ1n) is 7.93. The van der Waals surface area contributed by atoms with Crippen LogP contribution in [0.5, 0.6) is 0 Å². The van der Waals surface area contributed by atoms with Crippen LogP contribution in [0.25, 0.3) is 0 Å². The lowest BCUT2D eigenvalue weighted by Crippen LogP contribution is -2.41. The number of nitrogens with zero attached hydrogens (tertiary/aromatic N) is 3. The van der Waals surface area contributed by atoms with Crippen LogP contribution in [0.15, 0.2) is 23.3 Å². The fraction of sp³-hybridized carbons (Fsp3) is 0.625. The Hall–Kier alpha value is -1.78. The smallest absolute Gasteiger partial charge is 0.191 e. The SMILES string of the molecule is CCNC(=NCc1ccc(N2CCCC2)nc1)NC(C)C. The number of aliphatic imine (C=N–C) groups is 1. The predicted octanol–water partition coefficient (Wildman–Crippen LogP) is 2.15. The van der Waals surface area contributed by atoms with Gasteiger partial charge in [-0.05, 0) is 45.2 Å². The minimum absolute atomic E-state index is 0.374. The van der Waals surface area contributed by atoms with E-state index in [2.05, 4.69) is 58.4 Å². The quantitative estimate of drug-likeness (QED) is 0.644. The minimum atomic E-state index is 0.374. The zero-order valence-corrected chi connectivity index (χ0v) is 13.4. The van der Waals surface area contributed by atoms with Gasteiger partial charge in [-0.1, -0.05) is 6.07 Å². The molecule has 0 aliphatic carbocycles. The number of pyridine rings is 1. The van der Waals surface area contributed by atoms with E-state index < -0.39 is 0 Å². The minimum Gasteiger partial charge on any atom is -0.357 e. The summed E-state index contributed by atoms with van der Waals surface area (Å²) >= 11 is 0. The Balaban J connectivity index is 1.94. The van der Waals surface area contributed by atoms with Gasteiger partial charge in [0.1, 0.15) is 5.82 Å². The van der Waals surface area contributed by atoms with Gasteiger partial charge in [0.05, 0.1) is 6.54 Å². The molecule has 1 aromatic heterocycles. The summed E-state index contributed by atoms with van der Waals surface area (Å²) in [6.07, 6.45) is 4.50. The summed E-state index contributed by atoms with van der Waals surface area (Å²) < 4.78 is 0. The summed E-state index contributed by atoms with van der Waals surface area (Å²) in [6, 6.07) is 4.61. The average Bonchev–Trinajstić information content (AvgIpc) is 2.99. The molecular weight excluding hydrogens is 262 g/mol. The third-order valence-electron chi connectivity index (χ3n) is 3.43. The third kappa shape index (κ3) is 4.92. The van der Waals surface area contributed by atoms with Crippen LogP contribution in [-0.4, -0.2) is 36.6 Å². The van der Waals surface area contributed by atoms with Crippen molar-refractivity contribution in [2.75, 3.05) is 24.5 Å². The molecule has 21 heavy (non-hydrogen) atoms. The van der Waals surface area contributed by atoms with Gasteiger partial charge in [0.25, 0.3) is 0 Å². The largest absolute Gasteiger partial charge is 0.357 e. The van der Waals surface area contributed by atoms with Crippen LogP contribution in [0.1, 0.15) is 39.2 Å². The lowest BCUT2D eigenvalue weighted by Gasteiger charge is -2.16. The number of hydrogen-bond acceptors (Lipinski definition) is 3. The molecule has 2 rings (SSSR count). The van der Waals surface area contributed by atoms with Crippen LogP contribution >= 0.6 is 0 Å². The van der Waals surface area contributed by atoms with Crippen molar-refractivity contribution in [2.24, 2.45) is 4.99 Å². The second-order valence-electron chi connectivity index (χ2n) is 5.71. The van der Waals surface area contributed by atoms with E-state index in [1.807, 2.05) is 6.20 Å². The highest BCUT2D eigenvalue weighted by molar-refractivity contribution is 5.79. The van der Waals surface area contributed by atoms with Gasteiger partial charge in [-0.25, -0.2) is 9.98 Å². The van der Waals surface area contributed by atoms with E-state index in [-0.39, 0.29) is 0 Å². The molecule has 1 aliphatic heterocycles. The highest BCUT2D eigenvalue weighted by Crippen LogP contribution is 2.17. The number of anilines is 1. The van der Waals surface area contributed by atoms with Gasteiger partial charge in [0, 0.05) is 31.9 Å². The van der Waals surface area contributed by atoms with E-state index in [1.165, 1.54) is 12.8 Å². The van der Waals surface area contributed by atoms with Crippen molar-refractivity contribution in [1.29, 1.82) is 0 Å². The van der Waals surface area contributed by atoms with Crippen LogP contribution in [0.4, 0.5) is 5.82 Å². The predicted molar refractivity (Wildman–Crippen MR) is 88.8 cm³/mol. The van der Waals surface area contributed by atoms with Gasteiger partial charge in [-0.3, -0.25) is 0 Å². The zero-order valence-electron chi connectivity index (χ0n) is 13.4. The normalized spacial score (nSPS) is 15.6. The standard InChI is InChI=1S/C16H27N5/c1-4-17-16(20-13(2)3)19-12-14-7-8-15(18-11-14)21-9-5-6-10-21/h7-8,11,13H,4-6,9-10,12H2,1-3H3,(H2,17,19,20). The molecule has 5 heteroatoms. The Bertz CT molecular complexity index is 446. The molecule has 1 aliphatic rings. The van der Waals surface area contributed by atoms with Gasteiger partial charge in [0.15, 0.2) is 5.96 Å².